The SMILES string of the molecule is Cc1ccc(C2C(=O)NC(=O)CC23CCN(C)CC3)cc1. The van der Waals surface area contributed by atoms with Gasteiger partial charge in [0.05, 0.1) is 5.92 Å². The normalized spacial score (nSPS) is 25.9. The smallest absolute Gasteiger partial charge is 0.234 e. The van der Waals surface area contributed by atoms with Crippen molar-refractivity contribution in [3.63, 3.8) is 0 Å². The molecule has 2 saturated heterocycles. The molecule has 1 unspecified atom stereocenters. The number of hydrogen-bond acceptors (Lipinski definition) is 3. The summed E-state index contributed by atoms with van der Waals surface area (Å²) >= 11 is 0. The number of piperidine rings is 2. The van der Waals surface area contributed by atoms with E-state index < -0.39 is 0 Å². The maximum Gasteiger partial charge on any atom is 0.234 e. The topological polar surface area (TPSA) is 49.4 Å². The number of nitrogens with zero attached hydrogens (tertiary/aromatic N) is 1. The minimum absolute atomic E-state index is 0.118. The van der Waals surface area contributed by atoms with Crippen LogP contribution in [0.2, 0.25) is 0 Å². The third-order valence-corrected chi connectivity index (χ3v) is 5.04. The first kappa shape index (κ1) is 14.3. The van der Waals surface area contributed by atoms with E-state index in [2.05, 4.69) is 17.3 Å². The lowest BCUT2D eigenvalue weighted by Crippen LogP contribution is -2.54. The highest BCUT2D eigenvalue weighted by Crippen LogP contribution is 2.49. The van der Waals surface area contributed by atoms with Gasteiger partial charge in [-0.05, 0) is 50.9 Å². The Balaban J connectivity index is 1.99. The van der Waals surface area contributed by atoms with Crippen LogP contribution < -0.4 is 5.32 Å². The Hall–Kier alpha value is -1.68. The average molecular weight is 286 g/mol. The number of nitrogens with one attached hydrogen (secondary N) is 1. The molecule has 0 bridgehead atoms. The first-order valence-electron chi connectivity index (χ1n) is 7.59. The second-order valence-corrected chi connectivity index (χ2v) is 6.60. The lowest BCUT2D eigenvalue weighted by molar-refractivity contribution is -0.141. The molecule has 0 saturated carbocycles. The Morgan fingerprint density at radius 2 is 1.76 bits per heavy atom. The third kappa shape index (κ3) is 2.60. The number of aryl methyl sites for hydroxylation is 1. The van der Waals surface area contributed by atoms with E-state index in [1.807, 2.05) is 31.2 Å². The van der Waals surface area contributed by atoms with E-state index in [9.17, 15) is 9.59 Å². The molecular weight excluding hydrogens is 264 g/mol. The van der Waals surface area contributed by atoms with Crippen molar-refractivity contribution in [2.75, 3.05) is 20.1 Å². The van der Waals surface area contributed by atoms with Gasteiger partial charge >= 0.3 is 0 Å². The van der Waals surface area contributed by atoms with Gasteiger partial charge in [0.15, 0.2) is 0 Å². The lowest BCUT2D eigenvalue weighted by Gasteiger charge is -2.47. The van der Waals surface area contributed by atoms with Crippen molar-refractivity contribution in [2.45, 2.75) is 32.1 Å². The molecule has 0 radical (unpaired) electrons. The zero-order valence-corrected chi connectivity index (χ0v) is 12.7. The van der Waals surface area contributed by atoms with Gasteiger partial charge in [-0.15, -0.1) is 0 Å². The number of carbonyl (C=O) groups excluding carboxylic acids is 2. The van der Waals surface area contributed by atoms with Crippen LogP contribution in [0, 0.1) is 12.3 Å². The van der Waals surface area contributed by atoms with E-state index in [0.717, 1.165) is 31.5 Å². The van der Waals surface area contributed by atoms with Gasteiger partial charge in [-0.3, -0.25) is 14.9 Å². The van der Waals surface area contributed by atoms with Gasteiger partial charge in [0.25, 0.3) is 0 Å². The van der Waals surface area contributed by atoms with Crippen molar-refractivity contribution < 1.29 is 9.59 Å². The maximum absolute atomic E-state index is 12.5. The number of carbonyl (C=O) groups is 2. The second kappa shape index (κ2) is 5.26. The molecule has 4 heteroatoms. The van der Waals surface area contributed by atoms with Gasteiger partial charge in [-0.1, -0.05) is 29.8 Å². The Morgan fingerprint density at radius 3 is 2.38 bits per heavy atom. The number of likely N-dealkylation sites (tertiary alicyclic amines) is 1. The molecule has 1 spiro atoms. The van der Waals surface area contributed by atoms with Crippen LogP contribution >= 0.6 is 0 Å². The summed E-state index contributed by atoms with van der Waals surface area (Å²) in [4.78, 5) is 26.7. The summed E-state index contributed by atoms with van der Waals surface area (Å²) in [5.41, 5.74) is 2.01. The molecule has 0 aliphatic carbocycles. The van der Waals surface area contributed by atoms with Gasteiger partial charge in [-0.25, -0.2) is 0 Å². The molecule has 21 heavy (non-hydrogen) atoms. The first-order valence-corrected chi connectivity index (χ1v) is 7.59. The van der Waals surface area contributed by atoms with E-state index in [1.165, 1.54) is 5.56 Å². The highest BCUT2D eigenvalue weighted by atomic mass is 16.2. The van der Waals surface area contributed by atoms with E-state index >= 15 is 0 Å². The highest BCUT2D eigenvalue weighted by molar-refractivity contribution is 6.02. The Labute approximate surface area is 125 Å². The number of amides is 2. The molecule has 1 atom stereocenters. The number of benzene rings is 1. The van der Waals surface area contributed by atoms with E-state index in [1.54, 1.807) is 0 Å². The molecular formula is C17H22N2O2. The molecule has 2 heterocycles. The molecule has 3 rings (SSSR count). The Morgan fingerprint density at radius 1 is 1.14 bits per heavy atom. The third-order valence-electron chi connectivity index (χ3n) is 5.04. The Bertz CT molecular complexity index is 557. The molecule has 1 aromatic rings. The van der Waals surface area contributed by atoms with Crippen LogP contribution in [0.15, 0.2) is 24.3 Å². The van der Waals surface area contributed by atoms with Gasteiger partial charge in [0.2, 0.25) is 11.8 Å². The van der Waals surface area contributed by atoms with Crippen molar-refractivity contribution in [1.29, 1.82) is 0 Å². The summed E-state index contributed by atoms with van der Waals surface area (Å²) in [6, 6.07) is 8.16. The largest absolute Gasteiger partial charge is 0.306 e. The van der Waals surface area contributed by atoms with Gasteiger partial charge in [0, 0.05) is 6.42 Å². The highest BCUT2D eigenvalue weighted by Gasteiger charge is 2.49. The number of hydrogen-bond donors (Lipinski definition) is 1. The molecule has 1 aromatic carbocycles. The standard InChI is InChI=1S/C17H22N2O2/c1-12-3-5-13(6-4-12)15-16(21)18-14(20)11-17(15)7-9-19(2)10-8-17/h3-6,15H,7-11H2,1-2H3,(H,18,20,21). The van der Waals surface area contributed by atoms with Crippen molar-refractivity contribution in [2.24, 2.45) is 5.41 Å². The fourth-order valence-corrected chi connectivity index (χ4v) is 3.75. The summed E-state index contributed by atoms with van der Waals surface area (Å²) < 4.78 is 0. The lowest BCUT2D eigenvalue weighted by atomic mass is 9.62. The molecule has 2 fully saturated rings. The van der Waals surface area contributed by atoms with Crippen molar-refractivity contribution >= 4 is 11.8 Å². The van der Waals surface area contributed by atoms with Crippen LogP contribution in [0.1, 0.15) is 36.3 Å². The van der Waals surface area contributed by atoms with Crippen LogP contribution in [0.4, 0.5) is 0 Å². The minimum Gasteiger partial charge on any atom is -0.306 e. The predicted molar refractivity (Wildman–Crippen MR) is 80.9 cm³/mol. The molecule has 1 N–H and O–H groups in total. The molecule has 2 aliphatic rings. The van der Waals surface area contributed by atoms with Crippen molar-refractivity contribution in [3.8, 4) is 0 Å². The molecule has 112 valence electrons. The minimum atomic E-state index is -0.207. The number of rotatable bonds is 1. The van der Waals surface area contributed by atoms with Gasteiger partial charge in [0.1, 0.15) is 0 Å². The van der Waals surface area contributed by atoms with Crippen LogP contribution in [-0.4, -0.2) is 36.9 Å². The maximum atomic E-state index is 12.5. The zero-order valence-electron chi connectivity index (χ0n) is 12.7. The van der Waals surface area contributed by atoms with Crippen LogP contribution in [0.25, 0.3) is 0 Å². The molecule has 0 aromatic heterocycles. The van der Waals surface area contributed by atoms with Crippen molar-refractivity contribution in [3.05, 3.63) is 35.4 Å². The predicted octanol–water partition coefficient (Wildman–Crippen LogP) is 1.84. The van der Waals surface area contributed by atoms with Gasteiger partial charge in [-0.2, -0.15) is 0 Å². The summed E-state index contributed by atoms with van der Waals surface area (Å²) in [5.74, 6) is -0.447. The zero-order chi connectivity index (χ0) is 15.0. The monoisotopic (exact) mass is 286 g/mol. The molecule has 2 amide bonds. The average Bonchev–Trinajstić information content (AvgIpc) is 2.44. The number of imide groups is 1. The fraction of sp³-hybridized carbons (Fsp3) is 0.529. The van der Waals surface area contributed by atoms with Crippen molar-refractivity contribution in [1.82, 2.24) is 10.2 Å². The summed E-state index contributed by atoms with van der Waals surface area (Å²) in [7, 11) is 2.10. The molecule has 4 nitrogen and oxygen atoms in total. The van der Waals surface area contributed by atoms with Crippen LogP contribution in [0.5, 0.6) is 0 Å². The van der Waals surface area contributed by atoms with E-state index in [0.29, 0.717) is 6.42 Å². The quantitative estimate of drug-likeness (QED) is 0.801. The molecule has 2 aliphatic heterocycles. The summed E-state index contributed by atoms with van der Waals surface area (Å²) in [6.07, 6.45) is 2.27. The second-order valence-electron chi connectivity index (χ2n) is 6.60. The first-order chi connectivity index (χ1) is 10.00. The van der Waals surface area contributed by atoms with Gasteiger partial charge < -0.3 is 4.90 Å². The Kier molecular flexibility index (Phi) is 3.57. The van der Waals surface area contributed by atoms with E-state index in [-0.39, 0.29) is 23.1 Å². The summed E-state index contributed by atoms with van der Waals surface area (Å²) in [5, 5.41) is 2.53. The van der Waals surface area contributed by atoms with Crippen LogP contribution in [0.3, 0.4) is 0 Å². The van der Waals surface area contributed by atoms with E-state index in [4.69, 9.17) is 0 Å². The summed E-state index contributed by atoms with van der Waals surface area (Å²) in [6.45, 7) is 3.94. The fourth-order valence-electron chi connectivity index (χ4n) is 3.75. The van der Waals surface area contributed by atoms with Crippen LogP contribution in [-0.2, 0) is 9.59 Å².